The average Bonchev–Trinajstić information content (AvgIpc) is 3.04. The molecule has 1 aromatic carbocycles. The Balaban J connectivity index is 1.66. The first-order chi connectivity index (χ1) is 11.1. The molecule has 0 bridgehead atoms. The van der Waals surface area contributed by atoms with Crippen LogP contribution in [0.4, 0.5) is 11.5 Å². The summed E-state index contributed by atoms with van der Waals surface area (Å²) < 4.78 is 0. The van der Waals surface area contributed by atoms with Gasteiger partial charge < -0.3 is 4.90 Å². The zero-order valence-electron chi connectivity index (χ0n) is 13.0. The number of likely N-dealkylation sites (N-methyl/N-ethyl adjacent to an activating group) is 1. The predicted octanol–water partition coefficient (Wildman–Crippen LogP) is 2.10. The van der Waals surface area contributed by atoms with Gasteiger partial charge in [0.2, 0.25) is 0 Å². The standard InChI is InChI=1S/C16H19N5O2/c1-19(16-6-8-17-12-18-16)14-7-9-20(11-14)10-13-4-2-3-5-15(13)21(22)23/h2-6,8,12,14H,7,9-11H2,1H3. The fourth-order valence-corrected chi connectivity index (χ4v) is 3.01. The Morgan fingerprint density at radius 1 is 1.39 bits per heavy atom. The van der Waals surface area contributed by atoms with Gasteiger partial charge in [-0.1, -0.05) is 18.2 Å². The van der Waals surface area contributed by atoms with E-state index >= 15 is 0 Å². The Morgan fingerprint density at radius 2 is 2.22 bits per heavy atom. The second-order valence-electron chi connectivity index (χ2n) is 5.74. The molecule has 2 heterocycles. The molecule has 7 heteroatoms. The van der Waals surface area contributed by atoms with Crippen LogP contribution in [0, 0.1) is 10.1 Å². The van der Waals surface area contributed by atoms with Crippen LogP contribution in [0.5, 0.6) is 0 Å². The first-order valence-corrected chi connectivity index (χ1v) is 7.58. The van der Waals surface area contributed by atoms with Crippen molar-refractivity contribution in [3.63, 3.8) is 0 Å². The van der Waals surface area contributed by atoms with E-state index in [1.54, 1.807) is 24.7 Å². The Hall–Kier alpha value is -2.54. The summed E-state index contributed by atoms with van der Waals surface area (Å²) in [4.78, 5) is 23.4. The van der Waals surface area contributed by atoms with E-state index in [4.69, 9.17) is 0 Å². The summed E-state index contributed by atoms with van der Waals surface area (Å²) in [5.74, 6) is 0.901. The lowest BCUT2D eigenvalue weighted by Crippen LogP contribution is -2.35. The summed E-state index contributed by atoms with van der Waals surface area (Å²) in [7, 11) is 2.03. The maximum absolute atomic E-state index is 11.1. The molecule has 1 aliphatic heterocycles. The summed E-state index contributed by atoms with van der Waals surface area (Å²) in [6, 6.07) is 9.20. The predicted molar refractivity (Wildman–Crippen MR) is 87.2 cm³/mol. The van der Waals surface area contributed by atoms with Gasteiger partial charge >= 0.3 is 0 Å². The number of benzene rings is 1. The van der Waals surface area contributed by atoms with Crippen LogP contribution in [-0.4, -0.2) is 46.0 Å². The van der Waals surface area contributed by atoms with Crippen molar-refractivity contribution in [1.82, 2.24) is 14.9 Å². The quantitative estimate of drug-likeness (QED) is 0.621. The summed E-state index contributed by atoms with van der Waals surface area (Å²) in [6.45, 7) is 2.39. The Bertz CT molecular complexity index is 679. The smallest absolute Gasteiger partial charge is 0.273 e. The molecule has 0 spiro atoms. The molecule has 1 aromatic heterocycles. The molecule has 0 aliphatic carbocycles. The summed E-state index contributed by atoms with van der Waals surface area (Å²) >= 11 is 0. The summed E-state index contributed by atoms with van der Waals surface area (Å²) in [6.07, 6.45) is 4.30. The lowest BCUT2D eigenvalue weighted by Gasteiger charge is -2.25. The van der Waals surface area contributed by atoms with Crippen LogP contribution in [0.15, 0.2) is 42.9 Å². The molecule has 1 aliphatic rings. The molecule has 1 atom stereocenters. The number of nitro benzene ring substituents is 1. The molecule has 1 unspecified atom stereocenters. The Morgan fingerprint density at radius 3 is 2.96 bits per heavy atom. The maximum Gasteiger partial charge on any atom is 0.273 e. The third-order valence-electron chi connectivity index (χ3n) is 4.31. The van der Waals surface area contributed by atoms with E-state index in [1.807, 2.05) is 25.2 Å². The lowest BCUT2D eigenvalue weighted by molar-refractivity contribution is -0.385. The van der Waals surface area contributed by atoms with E-state index in [0.29, 0.717) is 12.6 Å². The molecule has 0 radical (unpaired) electrons. The van der Waals surface area contributed by atoms with Crippen LogP contribution < -0.4 is 4.90 Å². The van der Waals surface area contributed by atoms with E-state index < -0.39 is 0 Å². The van der Waals surface area contributed by atoms with Gasteiger partial charge in [0.15, 0.2) is 0 Å². The molecule has 0 saturated carbocycles. The average molecular weight is 313 g/mol. The molecule has 1 fully saturated rings. The van der Waals surface area contributed by atoms with Crippen LogP contribution in [0.25, 0.3) is 0 Å². The fraction of sp³-hybridized carbons (Fsp3) is 0.375. The molecule has 23 heavy (non-hydrogen) atoms. The molecule has 120 valence electrons. The minimum Gasteiger partial charge on any atom is -0.355 e. The second-order valence-corrected chi connectivity index (χ2v) is 5.74. The van der Waals surface area contributed by atoms with Crippen molar-refractivity contribution in [1.29, 1.82) is 0 Å². The van der Waals surface area contributed by atoms with Crippen LogP contribution in [0.2, 0.25) is 0 Å². The normalized spacial score (nSPS) is 18.0. The van der Waals surface area contributed by atoms with Gasteiger partial charge in [-0.2, -0.15) is 0 Å². The number of anilines is 1. The highest BCUT2D eigenvalue weighted by atomic mass is 16.6. The number of nitrogens with zero attached hydrogens (tertiary/aromatic N) is 5. The van der Waals surface area contributed by atoms with Crippen LogP contribution >= 0.6 is 0 Å². The summed E-state index contributed by atoms with van der Waals surface area (Å²) in [5.41, 5.74) is 0.961. The molecular weight excluding hydrogens is 294 g/mol. The van der Waals surface area contributed by atoms with Crippen molar-refractivity contribution < 1.29 is 4.92 Å². The largest absolute Gasteiger partial charge is 0.355 e. The van der Waals surface area contributed by atoms with Crippen LogP contribution in [-0.2, 0) is 6.54 Å². The molecule has 0 amide bonds. The van der Waals surface area contributed by atoms with Gasteiger partial charge in [-0.15, -0.1) is 0 Å². The molecule has 1 saturated heterocycles. The van der Waals surface area contributed by atoms with Gasteiger partial charge in [-0.25, -0.2) is 9.97 Å². The number of rotatable bonds is 5. The number of hydrogen-bond acceptors (Lipinski definition) is 6. The highest BCUT2D eigenvalue weighted by molar-refractivity contribution is 5.40. The van der Waals surface area contributed by atoms with Gasteiger partial charge in [-0.3, -0.25) is 15.0 Å². The number of nitro groups is 1. The van der Waals surface area contributed by atoms with Gasteiger partial charge in [0, 0.05) is 50.6 Å². The monoisotopic (exact) mass is 313 g/mol. The van der Waals surface area contributed by atoms with Crippen LogP contribution in [0.1, 0.15) is 12.0 Å². The number of aromatic nitrogens is 2. The third kappa shape index (κ3) is 3.45. The SMILES string of the molecule is CN(c1ccncn1)C1CCN(Cc2ccccc2[N+](=O)[O-])C1. The zero-order valence-corrected chi connectivity index (χ0v) is 13.0. The van der Waals surface area contributed by atoms with Gasteiger partial charge in [-0.05, 0) is 12.5 Å². The fourth-order valence-electron chi connectivity index (χ4n) is 3.01. The number of para-hydroxylation sites is 1. The molecular formula is C16H19N5O2. The highest BCUT2D eigenvalue weighted by Crippen LogP contribution is 2.24. The maximum atomic E-state index is 11.1. The molecule has 7 nitrogen and oxygen atoms in total. The molecule has 3 rings (SSSR count). The zero-order chi connectivity index (χ0) is 16.2. The molecule has 2 aromatic rings. The van der Waals surface area contributed by atoms with Gasteiger partial charge in [0.05, 0.1) is 4.92 Å². The Labute approximate surface area is 134 Å². The lowest BCUT2D eigenvalue weighted by atomic mass is 10.1. The van der Waals surface area contributed by atoms with E-state index in [2.05, 4.69) is 19.8 Å². The minimum atomic E-state index is -0.310. The van der Waals surface area contributed by atoms with Gasteiger partial charge in [0.25, 0.3) is 5.69 Å². The highest BCUT2D eigenvalue weighted by Gasteiger charge is 2.27. The number of likely N-dealkylation sites (tertiary alicyclic amines) is 1. The van der Waals surface area contributed by atoms with Crippen molar-refractivity contribution in [3.05, 3.63) is 58.5 Å². The van der Waals surface area contributed by atoms with Crippen molar-refractivity contribution in [2.75, 3.05) is 25.0 Å². The topological polar surface area (TPSA) is 75.4 Å². The van der Waals surface area contributed by atoms with Crippen LogP contribution in [0.3, 0.4) is 0 Å². The van der Waals surface area contributed by atoms with Gasteiger partial charge in [0.1, 0.15) is 12.1 Å². The molecule has 0 N–H and O–H groups in total. The van der Waals surface area contributed by atoms with Crippen molar-refractivity contribution >= 4 is 11.5 Å². The second kappa shape index (κ2) is 6.70. The van der Waals surface area contributed by atoms with Crippen molar-refractivity contribution in [3.8, 4) is 0 Å². The van der Waals surface area contributed by atoms with E-state index in [0.717, 1.165) is 30.9 Å². The first-order valence-electron chi connectivity index (χ1n) is 7.58. The Kier molecular flexibility index (Phi) is 4.47. The first kappa shape index (κ1) is 15.4. The summed E-state index contributed by atoms with van der Waals surface area (Å²) in [5, 5.41) is 11.1. The third-order valence-corrected chi connectivity index (χ3v) is 4.31. The van der Waals surface area contributed by atoms with E-state index in [9.17, 15) is 10.1 Å². The van der Waals surface area contributed by atoms with E-state index in [-0.39, 0.29) is 10.6 Å². The number of hydrogen-bond donors (Lipinski definition) is 0. The van der Waals surface area contributed by atoms with Crippen molar-refractivity contribution in [2.24, 2.45) is 0 Å². The van der Waals surface area contributed by atoms with E-state index in [1.165, 1.54) is 0 Å². The van der Waals surface area contributed by atoms with Crippen molar-refractivity contribution in [2.45, 2.75) is 19.0 Å². The minimum absolute atomic E-state index is 0.195.